The quantitative estimate of drug-likeness (QED) is 0.507. The summed E-state index contributed by atoms with van der Waals surface area (Å²) in [6, 6.07) is 6.21. The van der Waals surface area contributed by atoms with Crippen molar-refractivity contribution in [2.45, 2.75) is 25.8 Å². The Labute approximate surface area is 195 Å². The molecule has 0 unspecified atom stereocenters. The van der Waals surface area contributed by atoms with Gasteiger partial charge in [0.05, 0.1) is 37.4 Å². The van der Waals surface area contributed by atoms with Crippen molar-refractivity contribution >= 4 is 34.0 Å². The standard InChI is InChI=1S/C23H26N4O5S/c1-30-19-11-16(17(12-20(19)31-2)25-22(29)18-7-6-10-32-18)21(28)26-23-24-15(14-33-23)13-27-8-4-3-5-9-27/h6-7,10-12,14H,3-5,8-9,13H2,1-2H3,(H,25,29)(H,24,26,28). The first-order valence-corrected chi connectivity index (χ1v) is 11.5. The number of hydrogen-bond acceptors (Lipinski definition) is 8. The third kappa shape index (κ3) is 5.52. The van der Waals surface area contributed by atoms with Gasteiger partial charge in [-0.15, -0.1) is 11.3 Å². The van der Waals surface area contributed by atoms with E-state index in [-0.39, 0.29) is 17.0 Å². The Morgan fingerprint density at radius 3 is 2.55 bits per heavy atom. The maximum atomic E-state index is 13.1. The van der Waals surface area contributed by atoms with Gasteiger partial charge in [-0.3, -0.25) is 19.8 Å². The van der Waals surface area contributed by atoms with Crippen molar-refractivity contribution in [1.29, 1.82) is 0 Å². The molecule has 0 aliphatic carbocycles. The summed E-state index contributed by atoms with van der Waals surface area (Å²) in [6.45, 7) is 2.92. The van der Waals surface area contributed by atoms with Gasteiger partial charge in [-0.1, -0.05) is 6.42 Å². The van der Waals surface area contributed by atoms with Crippen molar-refractivity contribution in [2.75, 3.05) is 37.9 Å². The Bertz CT molecular complexity index is 1110. The molecule has 4 rings (SSSR count). The number of carbonyl (C=O) groups excluding carboxylic acids is 2. The SMILES string of the molecule is COc1cc(NC(=O)c2ccco2)c(C(=O)Nc2nc(CN3CCCCC3)cs2)cc1OC. The van der Waals surface area contributed by atoms with E-state index in [9.17, 15) is 9.59 Å². The van der Waals surface area contributed by atoms with Crippen LogP contribution in [0.25, 0.3) is 0 Å². The third-order valence-corrected chi connectivity index (χ3v) is 6.17. The Balaban J connectivity index is 1.53. The van der Waals surface area contributed by atoms with Gasteiger partial charge in [-0.25, -0.2) is 4.98 Å². The molecule has 2 aromatic heterocycles. The molecular formula is C23H26N4O5S. The lowest BCUT2D eigenvalue weighted by molar-refractivity contribution is 0.0996. The number of piperidine rings is 1. The van der Waals surface area contributed by atoms with Crippen molar-refractivity contribution in [2.24, 2.45) is 0 Å². The van der Waals surface area contributed by atoms with Crippen LogP contribution in [0.2, 0.25) is 0 Å². The number of furan rings is 1. The number of rotatable bonds is 8. The van der Waals surface area contributed by atoms with Gasteiger partial charge < -0.3 is 19.2 Å². The van der Waals surface area contributed by atoms with E-state index >= 15 is 0 Å². The van der Waals surface area contributed by atoms with Crippen molar-refractivity contribution in [1.82, 2.24) is 9.88 Å². The fourth-order valence-corrected chi connectivity index (χ4v) is 4.41. The molecule has 10 heteroatoms. The summed E-state index contributed by atoms with van der Waals surface area (Å²) >= 11 is 1.37. The van der Waals surface area contributed by atoms with E-state index in [0.29, 0.717) is 16.6 Å². The van der Waals surface area contributed by atoms with E-state index in [1.54, 1.807) is 6.07 Å². The molecule has 1 fully saturated rings. The molecular weight excluding hydrogens is 444 g/mol. The summed E-state index contributed by atoms with van der Waals surface area (Å²) in [5, 5.41) is 7.99. The van der Waals surface area contributed by atoms with Crippen LogP contribution in [0.3, 0.4) is 0 Å². The van der Waals surface area contributed by atoms with Crippen LogP contribution in [-0.4, -0.2) is 49.0 Å². The number of amides is 2. The van der Waals surface area contributed by atoms with Crippen LogP contribution in [0, 0.1) is 0 Å². The summed E-state index contributed by atoms with van der Waals surface area (Å²) < 4.78 is 15.8. The van der Waals surface area contributed by atoms with E-state index in [1.807, 2.05) is 5.38 Å². The van der Waals surface area contributed by atoms with Crippen LogP contribution >= 0.6 is 11.3 Å². The molecule has 3 heterocycles. The second kappa shape index (κ2) is 10.5. The van der Waals surface area contributed by atoms with E-state index in [1.165, 1.54) is 69.3 Å². The molecule has 0 atom stereocenters. The number of benzene rings is 1. The molecule has 0 radical (unpaired) electrons. The van der Waals surface area contributed by atoms with E-state index in [4.69, 9.17) is 13.9 Å². The minimum absolute atomic E-state index is 0.124. The highest BCUT2D eigenvalue weighted by Gasteiger charge is 2.21. The molecule has 1 saturated heterocycles. The van der Waals surface area contributed by atoms with Gasteiger partial charge in [0.2, 0.25) is 0 Å². The molecule has 174 valence electrons. The lowest BCUT2D eigenvalue weighted by Crippen LogP contribution is -2.29. The average molecular weight is 471 g/mol. The largest absolute Gasteiger partial charge is 0.493 e. The van der Waals surface area contributed by atoms with Crippen LogP contribution < -0.4 is 20.1 Å². The zero-order valence-electron chi connectivity index (χ0n) is 18.6. The molecule has 1 aliphatic rings. The number of methoxy groups -OCH3 is 2. The van der Waals surface area contributed by atoms with Crippen LogP contribution in [0.15, 0.2) is 40.3 Å². The molecule has 9 nitrogen and oxygen atoms in total. The first-order valence-electron chi connectivity index (χ1n) is 10.7. The zero-order chi connectivity index (χ0) is 23.2. The van der Waals surface area contributed by atoms with Gasteiger partial charge in [0.1, 0.15) is 0 Å². The summed E-state index contributed by atoms with van der Waals surface area (Å²) in [5.74, 6) is -0.0484. The average Bonchev–Trinajstić information content (AvgIpc) is 3.52. The number of anilines is 2. The van der Waals surface area contributed by atoms with Crippen molar-refractivity contribution < 1.29 is 23.5 Å². The molecule has 1 aliphatic heterocycles. The number of nitrogens with zero attached hydrogens (tertiary/aromatic N) is 2. The molecule has 2 amide bonds. The Hall–Kier alpha value is -3.37. The lowest BCUT2D eigenvalue weighted by Gasteiger charge is -2.25. The summed E-state index contributed by atoms with van der Waals surface area (Å²) in [6.07, 6.45) is 5.10. The number of likely N-dealkylation sites (tertiary alicyclic amines) is 1. The highest BCUT2D eigenvalue weighted by Crippen LogP contribution is 2.34. The summed E-state index contributed by atoms with van der Waals surface area (Å²) in [4.78, 5) is 32.6. The maximum Gasteiger partial charge on any atom is 0.291 e. The number of ether oxygens (including phenoxy) is 2. The highest BCUT2D eigenvalue weighted by molar-refractivity contribution is 7.14. The number of aromatic nitrogens is 1. The number of hydrogen-bond donors (Lipinski definition) is 2. The summed E-state index contributed by atoms with van der Waals surface area (Å²) in [7, 11) is 2.96. The van der Waals surface area contributed by atoms with Gasteiger partial charge in [0.25, 0.3) is 11.8 Å². The van der Waals surface area contributed by atoms with Gasteiger partial charge in [-0.2, -0.15) is 0 Å². The molecule has 33 heavy (non-hydrogen) atoms. The van der Waals surface area contributed by atoms with E-state index in [2.05, 4.69) is 20.5 Å². The minimum Gasteiger partial charge on any atom is -0.493 e. The van der Waals surface area contributed by atoms with Crippen molar-refractivity contribution in [3.05, 3.63) is 52.9 Å². The molecule has 3 aromatic rings. The van der Waals surface area contributed by atoms with Crippen LogP contribution in [0.5, 0.6) is 11.5 Å². The Morgan fingerprint density at radius 1 is 1.09 bits per heavy atom. The van der Waals surface area contributed by atoms with Gasteiger partial charge >= 0.3 is 0 Å². The lowest BCUT2D eigenvalue weighted by atomic mass is 10.1. The first kappa shape index (κ1) is 22.8. The van der Waals surface area contributed by atoms with Gasteiger partial charge in [0.15, 0.2) is 22.4 Å². The smallest absolute Gasteiger partial charge is 0.291 e. The fourth-order valence-electron chi connectivity index (χ4n) is 3.71. The number of nitrogens with one attached hydrogen (secondary N) is 2. The van der Waals surface area contributed by atoms with E-state index < -0.39 is 11.8 Å². The predicted octanol–water partition coefficient (Wildman–Crippen LogP) is 4.24. The summed E-state index contributed by atoms with van der Waals surface area (Å²) in [5.41, 5.74) is 1.40. The second-order valence-electron chi connectivity index (χ2n) is 7.62. The molecule has 0 saturated carbocycles. The third-order valence-electron chi connectivity index (χ3n) is 5.37. The predicted molar refractivity (Wildman–Crippen MR) is 125 cm³/mol. The molecule has 2 N–H and O–H groups in total. The topological polar surface area (TPSA) is 106 Å². The monoisotopic (exact) mass is 470 g/mol. The maximum absolute atomic E-state index is 13.1. The van der Waals surface area contributed by atoms with Crippen molar-refractivity contribution in [3.63, 3.8) is 0 Å². The van der Waals surface area contributed by atoms with Crippen LogP contribution in [0.1, 0.15) is 45.9 Å². The Kier molecular flexibility index (Phi) is 7.26. The Morgan fingerprint density at radius 2 is 1.85 bits per heavy atom. The van der Waals surface area contributed by atoms with Crippen LogP contribution in [0.4, 0.5) is 10.8 Å². The minimum atomic E-state index is -0.487. The molecule has 0 spiro atoms. The zero-order valence-corrected chi connectivity index (χ0v) is 19.4. The number of carbonyl (C=O) groups is 2. The molecule has 0 bridgehead atoms. The highest BCUT2D eigenvalue weighted by atomic mass is 32.1. The van der Waals surface area contributed by atoms with Crippen LogP contribution in [-0.2, 0) is 6.54 Å². The second-order valence-corrected chi connectivity index (χ2v) is 8.48. The number of thiazole rings is 1. The van der Waals surface area contributed by atoms with Gasteiger partial charge in [0, 0.05) is 18.0 Å². The van der Waals surface area contributed by atoms with Crippen molar-refractivity contribution in [3.8, 4) is 11.5 Å². The molecule has 1 aromatic carbocycles. The fraction of sp³-hybridized carbons (Fsp3) is 0.348. The first-order chi connectivity index (χ1) is 16.1. The van der Waals surface area contributed by atoms with Gasteiger partial charge in [-0.05, 0) is 44.1 Å². The van der Waals surface area contributed by atoms with E-state index in [0.717, 1.165) is 25.3 Å². The normalized spacial score (nSPS) is 14.0.